The molecule has 0 aromatic carbocycles. The van der Waals surface area contributed by atoms with Gasteiger partial charge in [-0.15, -0.1) is 0 Å². The van der Waals surface area contributed by atoms with Crippen molar-refractivity contribution in [2.24, 2.45) is 0 Å². The molecular weight excluding hydrogens is 198 g/mol. The summed E-state index contributed by atoms with van der Waals surface area (Å²) in [5, 5.41) is 3.60. The van der Waals surface area contributed by atoms with E-state index >= 15 is 0 Å². The lowest BCUT2D eigenvalue weighted by Gasteiger charge is -2.29. The number of nitrogens with one attached hydrogen (secondary N) is 1. The molecule has 3 nitrogen and oxygen atoms in total. The molecule has 2 aliphatic rings. The van der Waals surface area contributed by atoms with E-state index < -0.39 is 0 Å². The van der Waals surface area contributed by atoms with Crippen molar-refractivity contribution in [1.29, 1.82) is 0 Å². The third kappa shape index (κ3) is 3.44. The molecule has 2 atom stereocenters. The van der Waals surface area contributed by atoms with Crippen LogP contribution >= 0.6 is 0 Å². The van der Waals surface area contributed by atoms with Gasteiger partial charge in [-0.2, -0.15) is 0 Å². The van der Waals surface area contributed by atoms with Crippen molar-refractivity contribution in [1.82, 2.24) is 15.1 Å². The first-order valence-corrected chi connectivity index (χ1v) is 6.88. The van der Waals surface area contributed by atoms with Crippen LogP contribution in [0.4, 0.5) is 0 Å². The predicted octanol–water partition coefficient (Wildman–Crippen LogP) is 1.15. The summed E-state index contributed by atoms with van der Waals surface area (Å²) >= 11 is 0. The molecular formula is C13H27N3. The molecule has 2 saturated heterocycles. The zero-order chi connectivity index (χ0) is 11.4. The van der Waals surface area contributed by atoms with E-state index in [2.05, 4.69) is 29.2 Å². The Hall–Kier alpha value is -0.120. The lowest BCUT2D eigenvalue weighted by Crippen LogP contribution is -2.41. The molecule has 0 bridgehead atoms. The van der Waals surface area contributed by atoms with Gasteiger partial charge in [0.25, 0.3) is 0 Å². The van der Waals surface area contributed by atoms with Crippen LogP contribution in [0.3, 0.4) is 0 Å². The molecule has 3 heteroatoms. The lowest BCUT2D eigenvalue weighted by molar-refractivity contribution is 0.202. The maximum Gasteiger partial charge on any atom is 0.0195 e. The van der Waals surface area contributed by atoms with Crippen LogP contribution in [0.2, 0.25) is 0 Å². The summed E-state index contributed by atoms with van der Waals surface area (Å²) in [6.45, 7) is 5.03. The molecule has 2 fully saturated rings. The topological polar surface area (TPSA) is 18.5 Å². The minimum absolute atomic E-state index is 0.756. The first kappa shape index (κ1) is 12.3. The van der Waals surface area contributed by atoms with Crippen molar-refractivity contribution < 1.29 is 0 Å². The summed E-state index contributed by atoms with van der Waals surface area (Å²) in [6.07, 6.45) is 6.83. The zero-order valence-electron chi connectivity index (χ0n) is 10.9. The Morgan fingerprint density at radius 3 is 2.81 bits per heavy atom. The zero-order valence-corrected chi connectivity index (χ0v) is 10.9. The highest BCUT2D eigenvalue weighted by molar-refractivity contribution is 4.81. The van der Waals surface area contributed by atoms with E-state index in [0.29, 0.717) is 0 Å². The molecule has 2 aliphatic heterocycles. The Balaban J connectivity index is 1.76. The fourth-order valence-electron chi connectivity index (χ4n) is 3.07. The van der Waals surface area contributed by atoms with E-state index in [1.165, 1.54) is 58.3 Å². The summed E-state index contributed by atoms with van der Waals surface area (Å²) in [7, 11) is 4.57. The van der Waals surface area contributed by atoms with E-state index in [9.17, 15) is 0 Å². The average molecular weight is 225 g/mol. The first-order valence-electron chi connectivity index (χ1n) is 6.88. The largest absolute Gasteiger partial charge is 0.313 e. The fourth-order valence-corrected chi connectivity index (χ4v) is 3.07. The molecule has 2 unspecified atom stereocenters. The highest BCUT2D eigenvalue weighted by Crippen LogP contribution is 2.16. The van der Waals surface area contributed by atoms with Gasteiger partial charge in [-0.3, -0.25) is 0 Å². The fraction of sp³-hybridized carbons (Fsp3) is 1.00. The van der Waals surface area contributed by atoms with Gasteiger partial charge in [0.05, 0.1) is 0 Å². The van der Waals surface area contributed by atoms with Crippen molar-refractivity contribution in [3.63, 3.8) is 0 Å². The van der Waals surface area contributed by atoms with E-state index in [1.807, 2.05) is 0 Å². The van der Waals surface area contributed by atoms with E-state index in [1.54, 1.807) is 0 Å². The maximum atomic E-state index is 3.60. The van der Waals surface area contributed by atoms with Crippen molar-refractivity contribution in [3.8, 4) is 0 Å². The highest BCUT2D eigenvalue weighted by Gasteiger charge is 2.22. The van der Waals surface area contributed by atoms with Gasteiger partial charge < -0.3 is 15.1 Å². The molecule has 0 spiro atoms. The van der Waals surface area contributed by atoms with Gasteiger partial charge in [-0.25, -0.2) is 0 Å². The summed E-state index contributed by atoms with van der Waals surface area (Å²) in [5.74, 6) is 0. The van der Waals surface area contributed by atoms with Gasteiger partial charge >= 0.3 is 0 Å². The minimum atomic E-state index is 0.756. The molecule has 0 amide bonds. The summed E-state index contributed by atoms with van der Waals surface area (Å²) in [4.78, 5) is 5.07. The Bertz CT molecular complexity index is 201. The van der Waals surface area contributed by atoms with Crippen LogP contribution in [0, 0.1) is 0 Å². The van der Waals surface area contributed by atoms with Crippen LogP contribution in [-0.4, -0.2) is 62.2 Å². The maximum absolute atomic E-state index is 3.60. The van der Waals surface area contributed by atoms with Crippen molar-refractivity contribution in [3.05, 3.63) is 0 Å². The quantitative estimate of drug-likeness (QED) is 0.777. The lowest BCUT2D eigenvalue weighted by atomic mass is 10.1. The second kappa shape index (κ2) is 5.99. The Morgan fingerprint density at radius 2 is 2.06 bits per heavy atom. The van der Waals surface area contributed by atoms with Gasteiger partial charge in [0, 0.05) is 18.6 Å². The highest BCUT2D eigenvalue weighted by atomic mass is 15.2. The molecule has 0 aromatic rings. The smallest absolute Gasteiger partial charge is 0.0195 e. The number of nitrogens with zero attached hydrogens (tertiary/aromatic N) is 2. The molecule has 2 heterocycles. The molecule has 1 N–H and O–H groups in total. The van der Waals surface area contributed by atoms with Crippen molar-refractivity contribution in [2.45, 2.75) is 44.2 Å². The second-order valence-corrected chi connectivity index (χ2v) is 5.62. The third-order valence-electron chi connectivity index (χ3n) is 4.22. The average Bonchev–Trinajstić information content (AvgIpc) is 2.66. The van der Waals surface area contributed by atoms with Gasteiger partial charge in [0.2, 0.25) is 0 Å². The van der Waals surface area contributed by atoms with Gasteiger partial charge in [-0.05, 0) is 65.8 Å². The standard InChI is InChI=1S/C13H27N3/c1-15-9-4-6-13(7-10-15)16(2)11-12-5-3-8-14-12/h12-14H,3-11H2,1-2H3. The van der Waals surface area contributed by atoms with Crippen LogP contribution < -0.4 is 5.32 Å². The minimum Gasteiger partial charge on any atom is -0.313 e. The first-order chi connectivity index (χ1) is 7.75. The van der Waals surface area contributed by atoms with Gasteiger partial charge in [0.15, 0.2) is 0 Å². The number of likely N-dealkylation sites (N-methyl/N-ethyl adjacent to an activating group) is 1. The molecule has 2 rings (SSSR count). The van der Waals surface area contributed by atoms with Crippen LogP contribution in [0.25, 0.3) is 0 Å². The third-order valence-corrected chi connectivity index (χ3v) is 4.22. The van der Waals surface area contributed by atoms with Crippen LogP contribution in [-0.2, 0) is 0 Å². The molecule has 0 radical (unpaired) electrons. The SMILES string of the molecule is CN1CCCC(N(C)CC2CCCN2)CC1. The Kier molecular flexibility index (Phi) is 4.62. The Morgan fingerprint density at radius 1 is 1.19 bits per heavy atom. The number of likely N-dealkylation sites (tertiary alicyclic amines) is 1. The van der Waals surface area contributed by atoms with Gasteiger partial charge in [0.1, 0.15) is 0 Å². The summed E-state index contributed by atoms with van der Waals surface area (Å²) in [5.41, 5.74) is 0. The molecule has 16 heavy (non-hydrogen) atoms. The van der Waals surface area contributed by atoms with Crippen molar-refractivity contribution in [2.75, 3.05) is 40.3 Å². The summed E-state index contributed by atoms with van der Waals surface area (Å²) in [6, 6.07) is 1.57. The van der Waals surface area contributed by atoms with E-state index in [4.69, 9.17) is 0 Å². The molecule has 0 saturated carbocycles. The van der Waals surface area contributed by atoms with Crippen LogP contribution in [0.15, 0.2) is 0 Å². The normalized spacial score (nSPS) is 33.2. The van der Waals surface area contributed by atoms with E-state index in [-0.39, 0.29) is 0 Å². The van der Waals surface area contributed by atoms with Crippen LogP contribution in [0.1, 0.15) is 32.1 Å². The van der Waals surface area contributed by atoms with Crippen LogP contribution in [0.5, 0.6) is 0 Å². The predicted molar refractivity (Wildman–Crippen MR) is 68.8 cm³/mol. The van der Waals surface area contributed by atoms with Gasteiger partial charge in [-0.1, -0.05) is 0 Å². The summed E-state index contributed by atoms with van der Waals surface area (Å²) < 4.78 is 0. The number of rotatable bonds is 3. The molecule has 0 aliphatic carbocycles. The Labute approximate surface area is 100 Å². The van der Waals surface area contributed by atoms with E-state index in [0.717, 1.165) is 12.1 Å². The number of hydrogen-bond acceptors (Lipinski definition) is 3. The molecule has 94 valence electrons. The second-order valence-electron chi connectivity index (χ2n) is 5.62. The number of hydrogen-bond donors (Lipinski definition) is 1. The van der Waals surface area contributed by atoms with Crippen molar-refractivity contribution >= 4 is 0 Å². The molecule has 0 aromatic heterocycles. The monoisotopic (exact) mass is 225 g/mol.